The van der Waals surface area contributed by atoms with Gasteiger partial charge in [0.25, 0.3) is 5.91 Å². The lowest BCUT2D eigenvalue weighted by Crippen LogP contribution is -2.49. The molecule has 4 rings (SSSR count). The Hall–Kier alpha value is -2.71. The quantitative estimate of drug-likeness (QED) is 0.383. The minimum atomic E-state index is -0.328. The van der Waals surface area contributed by atoms with Gasteiger partial charge < -0.3 is 14.5 Å². The van der Waals surface area contributed by atoms with Gasteiger partial charge in [0, 0.05) is 27.5 Å². The maximum atomic E-state index is 13.5. The summed E-state index contributed by atoms with van der Waals surface area (Å²) in [6.45, 7) is 4.61. The Morgan fingerprint density at radius 1 is 1.21 bits per heavy atom. The highest BCUT2D eigenvalue weighted by Gasteiger charge is 2.34. The molecule has 8 heteroatoms. The van der Waals surface area contributed by atoms with Crippen molar-refractivity contribution in [3.05, 3.63) is 86.3 Å². The predicted molar refractivity (Wildman–Crippen MR) is 135 cm³/mol. The normalized spacial score (nSPS) is 15.2. The van der Waals surface area contributed by atoms with E-state index in [1.807, 2.05) is 42.3 Å². The maximum absolute atomic E-state index is 13.5. The van der Waals surface area contributed by atoms with Crippen molar-refractivity contribution in [3.63, 3.8) is 0 Å². The van der Waals surface area contributed by atoms with Crippen molar-refractivity contribution in [3.8, 4) is 5.75 Å². The summed E-state index contributed by atoms with van der Waals surface area (Å²) in [4.78, 5) is 31.4. The summed E-state index contributed by atoms with van der Waals surface area (Å²) >= 11 is 5.09. The number of hydrogen-bond acceptors (Lipinski definition) is 4. The van der Waals surface area contributed by atoms with Crippen molar-refractivity contribution >= 4 is 39.1 Å². The second-order valence-corrected chi connectivity index (χ2v) is 10.4. The van der Waals surface area contributed by atoms with Gasteiger partial charge in [-0.25, -0.2) is 4.39 Å². The molecule has 1 aliphatic heterocycles. The molecular formula is C26H26BrFN2O3S. The van der Waals surface area contributed by atoms with Gasteiger partial charge in [-0.2, -0.15) is 0 Å². The third-order valence-electron chi connectivity index (χ3n) is 5.90. The number of amides is 2. The topological polar surface area (TPSA) is 49.9 Å². The van der Waals surface area contributed by atoms with E-state index in [0.717, 1.165) is 16.5 Å². The maximum Gasteiger partial charge on any atom is 0.254 e. The van der Waals surface area contributed by atoms with Crippen molar-refractivity contribution in [2.45, 2.75) is 32.4 Å². The molecule has 2 heterocycles. The zero-order chi connectivity index (χ0) is 24.2. The number of carbonyl (C=O) groups is 2. The number of benzene rings is 2. The summed E-state index contributed by atoms with van der Waals surface area (Å²) in [6, 6.07) is 14.7. The number of carbonyl (C=O) groups excluding carboxylic acids is 2. The molecule has 1 atom stereocenters. The van der Waals surface area contributed by atoms with Gasteiger partial charge in [0.2, 0.25) is 5.91 Å². The highest BCUT2D eigenvalue weighted by Crippen LogP contribution is 2.34. The van der Waals surface area contributed by atoms with E-state index in [1.165, 1.54) is 17.0 Å². The first-order valence-electron chi connectivity index (χ1n) is 11.1. The predicted octanol–water partition coefficient (Wildman–Crippen LogP) is 5.71. The Balaban J connectivity index is 1.53. The first kappa shape index (κ1) is 24.4. The Kier molecular flexibility index (Phi) is 7.68. The summed E-state index contributed by atoms with van der Waals surface area (Å²) < 4.78 is 20.0. The molecular weight excluding hydrogens is 519 g/mol. The molecule has 5 nitrogen and oxygen atoms in total. The molecule has 0 saturated carbocycles. The Morgan fingerprint density at radius 2 is 1.97 bits per heavy atom. The van der Waals surface area contributed by atoms with Crippen LogP contribution < -0.4 is 4.74 Å². The van der Waals surface area contributed by atoms with Crippen LogP contribution in [0.25, 0.3) is 0 Å². The minimum absolute atomic E-state index is 0.0183. The standard InChI is InChI=1S/C26H26BrFN2O3S/c1-17(2)30(26(32)18-4-3-5-19(27)14-18)15-25(31)29-12-10-24-22(11-13-34-24)23(29)16-33-21-8-6-20(28)7-9-21/h3-9,11,13-14,17,23H,10,12,15-16H2,1-2H3/t23-/m1/s1. The van der Waals surface area contributed by atoms with Crippen LogP contribution >= 0.6 is 27.3 Å². The van der Waals surface area contributed by atoms with Crippen LogP contribution in [-0.2, 0) is 11.2 Å². The molecule has 0 unspecified atom stereocenters. The van der Waals surface area contributed by atoms with E-state index in [0.29, 0.717) is 17.9 Å². The summed E-state index contributed by atoms with van der Waals surface area (Å²) in [5, 5.41) is 2.03. The fourth-order valence-electron chi connectivity index (χ4n) is 4.09. The number of nitrogens with zero attached hydrogens (tertiary/aromatic N) is 2. The summed E-state index contributed by atoms with van der Waals surface area (Å²) in [6.07, 6.45) is 0.771. The second kappa shape index (κ2) is 10.7. The fourth-order valence-corrected chi connectivity index (χ4v) is 5.42. The van der Waals surface area contributed by atoms with E-state index in [2.05, 4.69) is 15.9 Å². The van der Waals surface area contributed by atoms with Crippen LogP contribution in [0.15, 0.2) is 64.5 Å². The highest BCUT2D eigenvalue weighted by atomic mass is 79.9. The van der Waals surface area contributed by atoms with Gasteiger partial charge >= 0.3 is 0 Å². The first-order chi connectivity index (χ1) is 16.3. The van der Waals surface area contributed by atoms with Crippen LogP contribution in [0.3, 0.4) is 0 Å². The van der Waals surface area contributed by atoms with Gasteiger partial charge in [-0.3, -0.25) is 9.59 Å². The SMILES string of the molecule is CC(C)N(CC(=O)N1CCc2sccc2[C@H]1COc1ccc(F)cc1)C(=O)c1cccc(Br)c1. The van der Waals surface area contributed by atoms with Crippen molar-refractivity contribution in [2.75, 3.05) is 19.7 Å². The van der Waals surface area contributed by atoms with Gasteiger partial charge in [0.05, 0.1) is 6.04 Å². The second-order valence-electron chi connectivity index (χ2n) is 8.45. The van der Waals surface area contributed by atoms with E-state index in [-0.39, 0.29) is 42.9 Å². The van der Waals surface area contributed by atoms with Crippen LogP contribution in [0, 0.1) is 5.82 Å². The third kappa shape index (κ3) is 5.50. The van der Waals surface area contributed by atoms with Gasteiger partial charge in [0.1, 0.15) is 24.7 Å². The molecule has 178 valence electrons. The smallest absolute Gasteiger partial charge is 0.254 e. The minimum Gasteiger partial charge on any atom is -0.491 e. The number of thiophene rings is 1. The molecule has 0 saturated heterocycles. The monoisotopic (exact) mass is 544 g/mol. The lowest BCUT2D eigenvalue weighted by Gasteiger charge is -2.37. The van der Waals surface area contributed by atoms with Crippen LogP contribution in [0.5, 0.6) is 5.75 Å². The number of rotatable bonds is 7. The fraction of sp³-hybridized carbons (Fsp3) is 0.308. The Labute approximate surface area is 211 Å². The van der Waals surface area contributed by atoms with Gasteiger partial charge in [-0.15, -0.1) is 11.3 Å². The van der Waals surface area contributed by atoms with E-state index < -0.39 is 0 Å². The first-order valence-corrected chi connectivity index (χ1v) is 12.8. The number of fused-ring (bicyclic) bond motifs is 1. The van der Waals surface area contributed by atoms with Gasteiger partial charge in [-0.1, -0.05) is 22.0 Å². The largest absolute Gasteiger partial charge is 0.491 e. The van der Waals surface area contributed by atoms with Crippen LogP contribution in [-0.4, -0.2) is 47.4 Å². The van der Waals surface area contributed by atoms with E-state index >= 15 is 0 Å². The molecule has 34 heavy (non-hydrogen) atoms. The van der Waals surface area contributed by atoms with E-state index in [4.69, 9.17) is 4.74 Å². The summed E-state index contributed by atoms with van der Waals surface area (Å²) in [5.74, 6) is -0.0887. The average Bonchev–Trinajstić information content (AvgIpc) is 3.30. The van der Waals surface area contributed by atoms with Gasteiger partial charge in [0.15, 0.2) is 0 Å². The molecule has 0 N–H and O–H groups in total. The summed E-state index contributed by atoms with van der Waals surface area (Å²) in [7, 11) is 0. The average molecular weight is 545 g/mol. The summed E-state index contributed by atoms with van der Waals surface area (Å²) in [5.41, 5.74) is 1.60. The zero-order valence-electron chi connectivity index (χ0n) is 19.0. The lowest BCUT2D eigenvalue weighted by atomic mass is 10.00. The van der Waals surface area contributed by atoms with Crippen molar-refractivity contribution in [1.29, 1.82) is 0 Å². The third-order valence-corrected chi connectivity index (χ3v) is 7.39. The molecule has 1 aromatic heterocycles. The zero-order valence-corrected chi connectivity index (χ0v) is 21.4. The lowest BCUT2D eigenvalue weighted by molar-refractivity contribution is -0.136. The molecule has 0 bridgehead atoms. The van der Waals surface area contributed by atoms with Crippen molar-refractivity contribution in [2.24, 2.45) is 0 Å². The van der Waals surface area contributed by atoms with Crippen LogP contribution in [0.4, 0.5) is 4.39 Å². The van der Waals surface area contributed by atoms with Crippen LogP contribution in [0.1, 0.15) is 40.7 Å². The molecule has 0 aliphatic carbocycles. The number of ether oxygens (including phenoxy) is 1. The van der Waals surface area contributed by atoms with Crippen molar-refractivity contribution < 1.29 is 18.7 Å². The van der Waals surface area contributed by atoms with Gasteiger partial charge in [-0.05, 0) is 79.7 Å². The Bertz CT molecular complexity index is 1160. The molecule has 0 fully saturated rings. The molecule has 1 aliphatic rings. The molecule has 2 amide bonds. The number of hydrogen-bond donors (Lipinski definition) is 0. The molecule has 0 spiro atoms. The highest BCUT2D eigenvalue weighted by molar-refractivity contribution is 9.10. The molecule has 2 aromatic carbocycles. The molecule has 0 radical (unpaired) electrons. The van der Waals surface area contributed by atoms with Crippen molar-refractivity contribution in [1.82, 2.24) is 9.80 Å². The van der Waals surface area contributed by atoms with Crippen LogP contribution in [0.2, 0.25) is 0 Å². The van der Waals surface area contributed by atoms with E-state index in [1.54, 1.807) is 40.5 Å². The Morgan fingerprint density at radius 3 is 2.68 bits per heavy atom. The number of halogens is 2. The molecule has 3 aromatic rings. The van der Waals surface area contributed by atoms with E-state index in [9.17, 15) is 14.0 Å².